The number of hydrogen-bond acceptors (Lipinski definition) is 3. The average Bonchev–Trinajstić information content (AvgIpc) is 2.62. The van der Waals surface area contributed by atoms with Crippen molar-refractivity contribution in [1.82, 2.24) is 5.32 Å². The molecule has 0 unspecified atom stereocenters. The molecule has 1 aliphatic heterocycles. The van der Waals surface area contributed by atoms with E-state index in [9.17, 15) is 18.0 Å². The Morgan fingerprint density at radius 2 is 2.11 bits per heavy atom. The van der Waals surface area contributed by atoms with Crippen LogP contribution in [0.2, 0.25) is 0 Å². The van der Waals surface area contributed by atoms with Crippen LogP contribution >= 0.6 is 0 Å². The van der Waals surface area contributed by atoms with E-state index in [0.29, 0.717) is 12.1 Å². The topological polar surface area (TPSA) is 64.3 Å². The Morgan fingerprint density at radius 3 is 2.67 bits per heavy atom. The molecular weight excluding hydrogens is 249 g/mol. The molecule has 1 atom stereocenters. The van der Waals surface area contributed by atoms with Gasteiger partial charge in [0.25, 0.3) is 0 Å². The minimum absolute atomic E-state index is 0.151. The lowest BCUT2D eigenvalue weighted by atomic mass is 9.97. The maximum Gasteiger partial charge on any atom is 0.573 e. The van der Waals surface area contributed by atoms with Crippen LogP contribution in [0.3, 0.4) is 0 Å². The first-order valence-electron chi connectivity index (χ1n) is 5.27. The molecular formula is C11H11F3N2O2. The van der Waals surface area contributed by atoms with Gasteiger partial charge in [-0.05, 0) is 6.07 Å². The Morgan fingerprint density at radius 1 is 1.39 bits per heavy atom. The summed E-state index contributed by atoms with van der Waals surface area (Å²) >= 11 is 0. The van der Waals surface area contributed by atoms with Crippen molar-refractivity contribution in [3.63, 3.8) is 0 Å². The molecule has 0 aliphatic carbocycles. The van der Waals surface area contributed by atoms with Crippen molar-refractivity contribution in [3.05, 3.63) is 23.8 Å². The molecule has 1 saturated heterocycles. The van der Waals surface area contributed by atoms with Crippen molar-refractivity contribution < 1.29 is 22.7 Å². The van der Waals surface area contributed by atoms with Gasteiger partial charge in [0.1, 0.15) is 5.75 Å². The number of halogens is 3. The van der Waals surface area contributed by atoms with E-state index < -0.39 is 6.36 Å². The van der Waals surface area contributed by atoms with Crippen molar-refractivity contribution in [2.24, 2.45) is 0 Å². The second kappa shape index (κ2) is 4.40. The van der Waals surface area contributed by atoms with E-state index in [1.54, 1.807) is 0 Å². The number of nitrogen functional groups attached to an aromatic ring is 1. The van der Waals surface area contributed by atoms with Gasteiger partial charge in [-0.2, -0.15) is 0 Å². The predicted molar refractivity (Wildman–Crippen MR) is 57.9 cm³/mol. The normalized spacial score (nSPS) is 19.7. The number of hydrogen-bond donors (Lipinski definition) is 2. The van der Waals surface area contributed by atoms with Gasteiger partial charge in [0, 0.05) is 36.2 Å². The van der Waals surface area contributed by atoms with Crippen molar-refractivity contribution in [1.29, 1.82) is 0 Å². The average molecular weight is 260 g/mol. The highest BCUT2D eigenvalue weighted by Crippen LogP contribution is 2.35. The smallest absolute Gasteiger partial charge is 0.405 e. The van der Waals surface area contributed by atoms with E-state index in [1.807, 2.05) is 0 Å². The highest BCUT2D eigenvalue weighted by atomic mass is 19.4. The first-order valence-corrected chi connectivity index (χ1v) is 5.27. The van der Waals surface area contributed by atoms with Gasteiger partial charge in [-0.15, -0.1) is 13.2 Å². The molecule has 3 N–H and O–H groups in total. The summed E-state index contributed by atoms with van der Waals surface area (Å²) < 4.78 is 40.8. The van der Waals surface area contributed by atoms with Crippen molar-refractivity contribution in [2.75, 3.05) is 12.3 Å². The van der Waals surface area contributed by atoms with E-state index in [0.717, 1.165) is 6.07 Å². The van der Waals surface area contributed by atoms with E-state index in [-0.39, 0.29) is 29.7 Å². The maximum absolute atomic E-state index is 12.3. The third-order valence-electron chi connectivity index (χ3n) is 2.68. The molecule has 98 valence electrons. The third-order valence-corrected chi connectivity index (χ3v) is 2.68. The molecule has 0 saturated carbocycles. The standard InChI is InChI=1S/C11H11F3N2O2/c12-11(13,14)18-9-4-7(15)1-2-8(9)6-3-10(17)16-5-6/h1-2,4,6H,3,5,15H2,(H,16,17)/t6-/m0/s1. The number of rotatable bonds is 2. The lowest BCUT2D eigenvalue weighted by Crippen LogP contribution is -2.19. The molecule has 2 rings (SSSR count). The van der Waals surface area contributed by atoms with Gasteiger partial charge in [-0.25, -0.2) is 0 Å². The van der Waals surface area contributed by atoms with Crippen molar-refractivity contribution in [3.8, 4) is 5.75 Å². The van der Waals surface area contributed by atoms with Gasteiger partial charge >= 0.3 is 6.36 Å². The van der Waals surface area contributed by atoms with Crippen LogP contribution in [0, 0.1) is 0 Å². The van der Waals surface area contributed by atoms with Gasteiger partial charge in [0.2, 0.25) is 5.91 Å². The SMILES string of the molecule is Nc1ccc([C@@H]2CNC(=O)C2)c(OC(F)(F)F)c1. The largest absolute Gasteiger partial charge is 0.573 e. The molecule has 0 aromatic heterocycles. The highest BCUT2D eigenvalue weighted by Gasteiger charge is 2.34. The number of nitrogens with two attached hydrogens (primary N) is 1. The molecule has 1 aromatic rings. The van der Waals surface area contributed by atoms with Crippen LogP contribution in [-0.4, -0.2) is 18.8 Å². The predicted octanol–water partition coefficient (Wildman–Crippen LogP) is 1.77. The minimum atomic E-state index is -4.78. The van der Waals surface area contributed by atoms with Crippen LogP contribution in [0.25, 0.3) is 0 Å². The van der Waals surface area contributed by atoms with Crippen LogP contribution in [0.1, 0.15) is 17.9 Å². The van der Waals surface area contributed by atoms with E-state index in [1.165, 1.54) is 12.1 Å². The summed E-state index contributed by atoms with van der Waals surface area (Å²) in [7, 11) is 0. The maximum atomic E-state index is 12.3. The summed E-state index contributed by atoms with van der Waals surface area (Å²) in [5, 5.41) is 2.57. The number of carbonyl (C=O) groups is 1. The van der Waals surface area contributed by atoms with Crippen LogP contribution in [0.5, 0.6) is 5.75 Å². The van der Waals surface area contributed by atoms with E-state index in [4.69, 9.17) is 5.73 Å². The molecule has 1 aromatic carbocycles. The molecule has 18 heavy (non-hydrogen) atoms. The summed E-state index contributed by atoms with van der Waals surface area (Å²) in [6.07, 6.45) is -4.63. The van der Waals surface area contributed by atoms with Gasteiger partial charge < -0.3 is 15.8 Å². The van der Waals surface area contributed by atoms with Gasteiger partial charge in [0.15, 0.2) is 0 Å². The molecule has 4 nitrogen and oxygen atoms in total. The zero-order valence-corrected chi connectivity index (χ0v) is 9.25. The van der Waals surface area contributed by atoms with Crippen LogP contribution < -0.4 is 15.8 Å². The van der Waals surface area contributed by atoms with Gasteiger partial charge in [-0.3, -0.25) is 4.79 Å². The number of benzene rings is 1. The Hall–Kier alpha value is -1.92. The van der Waals surface area contributed by atoms with Gasteiger partial charge in [-0.1, -0.05) is 6.07 Å². The summed E-state index contributed by atoms with van der Waals surface area (Å²) in [5.74, 6) is -0.853. The molecule has 1 aliphatic rings. The molecule has 1 heterocycles. The molecule has 1 amide bonds. The van der Waals surface area contributed by atoms with Gasteiger partial charge in [0.05, 0.1) is 0 Å². The fraction of sp³-hybridized carbons (Fsp3) is 0.364. The fourth-order valence-corrected chi connectivity index (χ4v) is 1.93. The number of alkyl halides is 3. The van der Waals surface area contributed by atoms with E-state index in [2.05, 4.69) is 10.1 Å². The third kappa shape index (κ3) is 2.85. The van der Waals surface area contributed by atoms with Crippen LogP contribution in [0.15, 0.2) is 18.2 Å². The van der Waals surface area contributed by atoms with Crippen molar-refractivity contribution >= 4 is 11.6 Å². The molecule has 0 radical (unpaired) electrons. The summed E-state index contributed by atoms with van der Waals surface area (Å²) in [4.78, 5) is 11.1. The molecule has 1 fully saturated rings. The minimum Gasteiger partial charge on any atom is -0.405 e. The number of amides is 1. The summed E-state index contributed by atoms with van der Waals surface area (Å²) in [6, 6.07) is 4.06. The second-order valence-corrected chi connectivity index (χ2v) is 4.05. The number of carbonyl (C=O) groups excluding carboxylic acids is 1. The van der Waals surface area contributed by atoms with Crippen LogP contribution in [-0.2, 0) is 4.79 Å². The Kier molecular flexibility index (Phi) is 3.06. The zero-order valence-electron chi connectivity index (χ0n) is 9.25. The number of anilines is 1. The molecule has 0 spiro atoms. The highest BCUT2D eigenvalue weighted by molar-refractivity contribution is 5.79. The summed E-state index contributed by atoms with van der Waals surface area (Å²) in [6.45, 7) is 0.303. The summed E-state index contributed by atoms with van der Waals surface area (Å²) in [5.41, 5.74) is 5.95. The van der Waals surface area contributed by atoms with E-state index >= 15 is 0 Å². The Bertz CT molecular complexity index is 474. The first-order chi connectivity index (χ1) is 8.35. The van der Waals surface area contributed by atoms with Crippen molar-refractivity contribution in [2.45, 2.75) is 18.7 Å². The second-order valence-electron chi connectivity index (χ2n) is 4.05. The molecule has 0 bridgehead atoms. The lowest BCUT2D eigenvalue weighted by Gasteiger charge is -2.16. The molecule has 7 heteroatoms. The fourth-order valence-electron chi connectivity index (χ4n) is 1.93. The Balaban J connectivity index is 2.31. The first kappa shape index (κ1) is 12.5. The zero-order chi connectivity index (χ0) is 13.3. The quantitative estimate of drug-likeness (QED) is 0.796. The monoisotopic (exact) mass is 260 g/mol. The number of nitrogens with one attached hydrogen (secondary N) is 1. The lowest BCUT2D eigenvalue weighted by molar-refractivity contribution is -0.274. The Labute approximate surface area is 101 Å². The number of ether oxygens (including phenoxy) is 1. The van der Waals surface area contributed by atoms with Crippen LogP contribution in [0.4, 0.5) is 18.9 Å².